The van der Waals surface area contributed by atoms with Gasteiger partial charge < -0.3 is 9.47 Å². The molecule has 1 aromatic rings. The zero-order valence-corrected chi connectivity index (χ0v) is 10.5. The van der Waals surface area contributed by atoms with Gasteiger partial charge in [-0.15, -0.1) is 0 Å². The molecular formula is C13H15FO4. The number of ketones is 1. The van der Waals surface area contributed by atoms with Crippen LogP contribution in [-0.4, -0.2) is 24.5 Å². The van der Waals surface area contributed by atoms with Crippen LogP contribution in [0.5, 0.6) is 5.75 Å². The molecule has 4 nitrogen and oxygen atoms in total. The van der Waals surface area contributed by atoms with E-state index in [1.807, 2.05) is 0 Å². The molecule has 5 heteroatoms. The van der Waals surface area contributed by atoms with Gasteiger partial charge in [-0.1, -0.05) is 0 Å². The quantitative estimate of drug-likeness (QED) is 0.460. The third-order valence-corrected chi connectivity index (χ3v) is 2.01. The number of benzene rings is 1. The Morgan fingerprint density at radius 2 is 2.00 bits per heavy atom. The van der Waals surface area contributed by atoms with Crippen LogP contribution in [0, 0.1) is 5.82 Å². The van der Waals surface area contributed by atoms with Crippen LogP contribution < -0.4 is 4.74 Å². The van der Waals surface area contributed by atoms with Crippen molar-refractivity contribution >= 4 is 11.8 Å². The van der Waals surface area contributed by atoms with Gasteiger partial charge in [0.2, 0.25) is 0 Å². The summed E-state index contributed by atoms with van der Waals surface area (Å²) in [5, 5.41) is 0. The second-order valence-corrected chi connectivity index (χ2v) is 3.86. The molecule has 0 radical (unpaired) electrons. The number of rotatable bonds is 5. The third kappa shape index (κ3) is 3.55. The van der Waals surface area contributed by atoms with Gasteiger partial charge in [0.1, 0.15) is 11.6 Å². The van der Waals surface area contributed by atoms with E-state index in [9.17, 15) is 14.0 Å². The minimum Gasteiger partial charge on any atom is -0.490 e. The summed E-state index contributed by atoms with van der Waals surface area (Å²) in [6.45, 7) is 5.18. The minimum absolute atomic E-state index is 0.00329. The first-order chi connectivity index (χ1) is 8.45. The van der Waals surface area contributed by atoms with Gasteiger partial charge in [-0.3, -0.25) is 4.79 Å². The maximum atomic E-state index is 13.1. The van der Waals surface area contributed by atoms with Crippen molar-refractivity contribution in [1.82, 2.24) is 0 Å². The number of esters is 1. The van der Waals surface area contributed by atoms with Gasteiger partial charge in [-0.05, 0) is 32.9 Å². The average molecular weight is 254 g/mol. The molecule has 0 amide bonds. The summed E-state index contributed by atoms with van der Waals surface area (Å²) in [4.78, 5) is 23.1. The minimum atomic E-state index is -0.974. The molecule has 0 fully saturated rings. The lowest BCUT2D eigenvalue weighted by Gasteiger charge is -2.13. The summed E-state index contributed by atoms with van der Waals surface area (Å²) >= 11 is 0. The zero-order chi connectivity index (χ0) is 13.7. The van der Waals surface area contributed by atoms with Crippen molar-refractivity contribution < 1.29 is 23.5 Å². The van der Waals surface area contributed by atoms with E-state index in [0.717, 1.165) is 12.1 Å². The molecule has 18 heavy (non-hydrogen) atoms. The van der Waals surface area contributed by atoms with Crippen LogP contribution in [0.1, 0.15) is 31.1 Å². The van der Waals surface area contributed by atoms with E-state index in [0.29, 0.717) is 0 Å². The number of carbonyl (C=O) groups is 2. The number of Topliss-reactive ketones (excluding diaryl/α,β-unsaturated/α-hetero) is 1. The Morgan fingerprint density at radius 1 is 1.33 bits per heavy atom. The molecule has 0 N–H and O–H groups in total. The topological polar surface area (TPSA) is 52.6 Å². The Kier molecular flexibility index (Phi) is 4.83. The highest BCUT2D eigenvalue weighted by atomic mass is 19.1. The maximum Gasteiger partial charge on any atom is 0.379 e. The molecule has 0 aliphatic heterocycles. The number of ether oxygens (including phenoxy) is 2. The lowest BCUT2D eigenvalue weighted by molar-refractivity contribution is -0.137. The van der Waals surface area contributed by atoms with Gasteiger partial charge in [0.15, 0.2) is 0 Å². The Bertz CT molecular complexity index is 454. The lowest BCUT2D eigenvalue weighted by Crippen LogP contribution is -2.19. The molecule has 0 heterocycles. The molecule has 0 atom stereocenters. The van der Waals surface area contributed by atoms with Crippen molar-refractivity contribution in [2.45, 2.75) is 26.9 Å². The molecule has 0 aliphatic rings. The first-order valence-corrected chi connectivity index (χ1v) is 5.63. The van der Waals surface area contributed by atoms with Crippen LogP contribution in [-0.2, 0) is 9.53 Å². The molecule has 0 saturated carbocycles. The van der Waals surface area contributed by atoms with Gasteiger partial charge in [0.05, 0.1) is 18.3 Å². The number of halogens is 1. The van der Waals surface area contributed by atoms with Crippen LogP contribution in [0.15, 0.2) is 18.2 Å². The summed E-state index contributed by atoms with van der Waals surface area (Å²) in [7, 11) is 0. The Labute approximate surface area is 105 Å². The van der Waals surface area contributed by atoms with E-state index >= 15 is 0 Å². The van der Waals surface area contributed by atoms with Crippen molar-refractivity contribution in [3.05, 3.63) is 29.6 Å². The fraction of sp³-hybridized carbons (Fsp3) is 0.385. The highest BCUT2D eigenvalue weighted by Crippen LogP contribution is 2.22. The molecule has 0 bridgehead atoms. The SMILES string of the molecule is CCOC(=O)C(=O)c1ccc(F)cc1OC(C)C. The predicted octanol–water partition coefficient (Wildman–Crippen LogP) is 2.36. The lowest BCUT2D eigenvalue weighted by atomic mass is 10.1. The van der Waals surface area contributed by atoms with E-state index in [2.05, 4.69) is 4.74 Å². The number of hydrogen-bond donors (Lipinski definition) is 0. The van der Waals surface area contributed by atoms with Crippen LogP contribution in [0.3, 0.4) is 0 Å². The van der Waals surface area contributed by atoms with Crippen LogP contribution >= 0.6 is 0 Å². The van der Waals surface area contributed by atoms with E-state index in [-0.39, 0.29) is 24.0 Å². The zero-order valence-electron chi connectivity index (χ0n) is 10.5. The summed E-state index contributed by atoms with van der Waals surface area (Å²) in [6.07, 6.45) is -0.236. The molecule has 0 spiro atoms. The average Bonchev–Trinajstić information content (AvgIpc) is 2.28. The summed E-state index contributed by atoms with van der Waals surface area (Å²) in [5.41, 5.74) is 0.00329. The van der Waals surface area contributed by atoms with E-state index in [1.165, 1.54) is 6.07 Å². The van der Waals surface area contributed by atoms with Crippen LogP contribution in [0.2, 0.25) is 0 Å². The second kappa shape index (κ2) is 6.14. The third-order valence-electron chi connectivity index (χ3n) is 2.01. The van der Waals surface area contributed by atoms with Crippen molar-refractivity contribution in [3.63, 3.8) is 0 Å². The second-order valence-electron chi connectivity index (χ2n) is 3.86. The van der Waals surface area contributed by atoms with Crippen molar-refractivity contribution in [2.75, 3.05) is 6.61 Å². The number of carbonyl (C=O) groups excluding carboxylic acids is 2. The largest absolute Gasteiger partial charge is 0.490 e. The molecule has 98 valence electrons. The standard InChI is InChI=1S/C13H15FO4/c1-4-17-13(16)12(15)10-6-5-9(14)7-11(10)18-8(2)3/h5-8H,4H2,1-3H3. The highest BCUT2D eigenvalue weighted by molar-refractivity contribution is 6.41. The molecule has 0 unspecified atom stereocenters. The van der Waals surface area contributed by atoms with E-state index < -0.39 is 17.6 Å². The molecule has 0 aromatic heterocycles. The van der Waals surface area contributed by atoms with Gasteiger partial charge in [-0.2, -0.15) is 0 Å². The van der Waals surface area contributed by atoms with E-state index in [4.69, 9.17) is 4.74 Å². The molecule has 1 rings (SSSR count). The summed E-state index contributed by atoms with van der Waals surface area (Å²) < 4.78 is 23.0. The fourth-order valence-corrected chi connectivity index (χ4v) is 1.34. The van der Waals surface area contributed by atoms with Gasteiger partial charge in [-0.25, -0.2) is 9.18 Å². The summed E-state index contributed by atoms with van der Waals surface area (Å²) in [5.74, 6) is -2.31. The first-order valence-electron chi connectivity index (χ1n) is 5.63. The van der Waals surface area contributed by atoms with Crippen LogP contribution in [0.4, 0.5) is 4.39 Å². The molecule has 0 saturated heterocycles. The Balaban J connectivity index is 3.07. The van der Waals surface area contributed by atoms with Crippen LogP contribution in [0.25, 0.3) is 0 Å². The summed E-state index contributed by atoms with van der Waals surface area (Å²) in [6, 6.07) is 3.39. The van der Waals surface area contributed by atoms with Gasteiger partial charge >= 0.3 is 5.97 Å². The monoisotopic (exact) mass is 254 g/mol. The molecular weight excluding hydrogens is 239 g/mol. The van der Waals surface area contributed by atoms with Crippen molar-refractivity contribution in [3.8, 4) is 5.75 Å². The highest BCUT2D eigenvalue weighted by Gasteiger charge is 2.22. The first kappa shape index (κ1) is 14.2. The Morgan fingerprint density at radius 3 is 2.56 bits per heavy atom. The number of hydrogen-bond acceptors (Lipinski definition) is 4. The Hall–Kier alpha value is -1.91. The predicted molar refractivity (Wildman–Crippen MR) is 63.1 cm³/mol. The normalized spacial score (nSPS) is 10.3. The fourth-order valence-electron chi connectivity index (χ4n) is 1.34. The van der Waals surface area contributed by atoms with E-state index in [1.54, 1.807) is 20.8 Å². The maximum absolute atomic E-state index is 13.1. The van der Waals surface area contributed by atoms with Gasteiger partial charge in [0, 0.05) is 6.07 Å². The van der Waals surface area contributed by atoms with Crippen molar-refractivity contribution in [2.24, 2.45) is 0 Å². The smallest absolute Gasteiger partial charge is 0.379 e. The van der Waals surface area contributed by atoms with Crippen molar-refractivity contribution in [1.29, 1.82) is 0 Å². The molecule has 1 aromatic carbocycles. The van der Waals surface area contributed by atoms with Gasteiger partial charge in [0.25, 0.3) is 5.78 Å². The molecule has 0 aliphatic carbocycles.